The van der Waals surface area contributed by atoms with Gasteiger partial charge in [-0.15, -0.1) is 0 Å². The van der Waals surface area contributed by atoms with E-state index in [1.165, 1.54) is 0 Å². The van der Waals surface area contributed by atoms with Crippen molar-refractivity contribution in [2.24, 2.45) is 0 Å². The second-order valence-electron chi connectivity index (χ2n) is 10.3. The van der Waals surface area contributed by atoms with E-state index < -0.39 is 29.7 Å². The van der Waals surface area contributed by atoms with Crippen LogP contribution in [0.25, 0.3) is 0 Å². The first-order valence-electron chi connectivity index (χ1n) is 13.6. The van der Waals surface area contributed by atoms with E-state index in [1.807, 2.05) is 60.7 Å². The van der Waals surface area contributed by atoms with Gasteiger partial charge >= 0.3 is 18.1 Å². The fourth-order valence-corrected chi connectivity index (χ4v) is 3.65. The molecule has 1 atom stereocenters. The summed E-state index contributed by atoms with van der Waals surface area (Å²) in [7, 11) is 0. The molecule has 0 heterocycles. The molecule has 2 aromatic carbocycles. The number of alkyl carbamates (subject to hydrolysis) is 1. The van der Waals surface area contributed by atoms with E-state index in [2.05, 4.69) is 21.3 Å². The quantitative estimate of drug-likeness (QED) is 0.195. The third kappa shape index (κ3) is 14.8. The molecule has 0 saturated carbocycles. The van der Waals surface area contributed by atoms with Crippen LogP contribution in [0.3, 0.4) is 0 Å². The molecule has 0 saturated heterocycles. The zero-order valence-electron chi connectivity index (χ0n) is 23.7. The zero-order valence-corrected chi connectivity index (χ0v) is 23.7. The van der Waals surface area contributed by atoms with Gasteiger partial charge in [-0.25, -0.2) is 9.59 Å². The van der Waals surface area contributed by atoms with Crippen LogP contribution in [0.2, 0.25) is 0 Å². The Morgan fingerprint density at radius 2 is 1.32 bits per heavy atom. The Balaban J connectivity index is 1.58. The molecule has 218 valence electrons. The maximum atomic E-state index is 12.8. The highest BCUT2D eigenvalue weighted by Gasteiger charge is 2.24. The highest BCUT2D eigenvalue weighted by Crippen LogP contribution is 2.09. The smallest absolute Gasteiger partial charge is 0.408 e. The lowest BCUT2D eigenvalue weighted by Crippen LogP contribution is -2.49. The van der Waals surface area contributed by atoms with Gasteiger partial charge in [0.1, 0.15) is 24.8 Å². The van der Waals surface area contributed by atoms with Crippen LogP contribution in [0, 0.1) is 0 Å². The number of hydrogen-bond acceptors (Lipinski definition) is 6. The maximum Gasteiger partial charge on any atom is 0.408 e. The standard InChI is InChI=1S/C30H42N4O6/c1-30(2,3)40-29(38)34-25(20-23-14-8-6-9-15-23)27(36)31-18-12-4-5-13-19-32-28(37)33-21-26(35)39-22-24-16-10-7-11-17-24/h6-11,14-17,25H,4-5,12-13,18-22H2,1-3H3,(H,31,36)(H,34,38)(H2,32,33,37)/t25-/m0/s1. The fourth-order valence-electron chi connectivity index (χ4n) is 3.65. The Morgan fingerprint density at radius 1 is 0.750 bits per heavy atom. The largest absolute Gasteiger partial charge is 0.460 e. The van der Waals surface area contributed by atoms with Gasteiger partial charge in [-0.2, -0.15) is 0 Å². The molecule has 10 heteroatoms. The number of urea groups is 1. The molecule has 2 aromatic rings. The molecule has 0 aliphatic rings. The van der Waals surface area contributed by atoms with Gasteiger partial charge in [-0.3, -0.25) is 9.59 Å². The number of nitrogens with one attached hydrogen (secondary N) is 4. The predicted octanol–water partition coefficient (Wildman–Crippen LogP) is 3.84. The van der Waals surface area contributed by atoms with Crippen molar-refractivity contribution in [2.45, 2.75) is 71.1 Å². The monoisotopic (exact) mass is 554 g/mol. The minimum absolute atomic E-state index is 0.164. The van der Waals surface area contributed by atoms with Gasteiger partial charge in [-0.05, 0) is 44.7 Å². The lowest BCUT2D eigenvalue weighted by Gasteiger charge is -2.23. The van der Waals surface area contributed by atoms with Gasteiger partial charge in [0.15, 0.2) is 0 Å². The molecule has 0 radical (unpaired) electrons. The third-order valence-corrected chi connectivity index (χ3v) is 5.61. The summed E-state index contributed by atoms with van der Waals surface area (Å²) in [4.78, 5) is 48.7. The fraction of sp³-hybridized carbons (Fsp3) is 0.467. The summed E-state index contributed by atoms with van der Waals surface area (Å²) >= 11 is 0. The van der Waals surface area contributed by atoms with Crippen molar-refractivity contribution in [1.82, 2.24) is 21.3 Å². The SMILES string of the molecule is CC(C)(C)OC(=O)N[C@@H](Cc1ccccc1)C(=O)NCCCCCCNC(=O)NCC(=O)OCc1ccccc1. The molecule has 0 unspecified atom stereocenters. The second-order valence-corrected chi connectivity index (χ2v) is 10.3. The van der Waals surface area contributed by atoms with Gasteiger partial charge < -0.3 is 30.7 Å². The van der Waals surface area contributed by atoms with Crippen molar-refractivity contribution < 1.29 is 28.7 Å². The molecule has 0 aromatic heterocycles. The van der Waals surface area contributed by atoms with Crippen molar-refractivity contribution >= 4 is 24.0 Å². The van der Waals surface area contributed by atoms with Crippen LogP contribution in [-0.4, -0.2) is 55.3 Å². The van der Waals surface area contributed by atoms with E-state index in [9.17, 15) is 19.2 Å². The van der Waals surface area contributed by atoms with Gasteiger partial charge in [0.25, 0.3) is 0 Å². The number of amides is 4. The first kappa shape index (κ1) is 32.1. The highest BCUT2D eigenvalue weighted by atomic mass is 16.6. The van der Waals surface area contributed by atoms with Gasteiger partial charge in [-0.1, -0.05) is 73.5 Å². The number of unbranched alkanes of at least 4 members (excludes halogenated alkanes) is 3. The van der Waals surface area contributed by atoms with E-state index in [-0.39, 0.29) is 19.1 Å². The van der Waals surface area contributed by atoms with Gasteiger partial charge in [0.2, 0.25) is 5.91 Å². The molecule has 0 fully saturated rings. The Labute approximate surface area is 236 Å². The van der Waals surface area contributed by atoms with Gasteiger partial charge in [0.05, 0.1) is 0 Å². The van der Waals surface area contributed by atoms with E-state index in [0.717, 1.165) is 36.8 Å². The minimum atomic E-state index is -0.754. The average molecular weight is 555 g/mol. The summed E-state index contributed by atoms with van der Waals surface area (Å²) in [5.41, 5.74) is 1.14. The van der Waals surface area contributed by atoms with Crippen LogP contribution < -0.4 is 21.3 Å². The number of rotatable bonds is 15. The Hall–Kier alpha value is -4.08. The zero-order chi connectivity index (χ0) is 29.2. The molecule has 40 heavy (non-hydrogen) atoms. The molecule has 0 bridgehead atoms. The molecule has 4 N–H and O–H groups in total. The van der Waals surface area contributed by atoms with E-state index in [1.54, 1.807) is 20.8 Å². The summed E-state index contributed by atoms with van der Waals surface area (Å²) in [5.74, 6) is -0.774. The summed E-state index contributed by atoms with van der Waals surface area (Å²) in [6.07, 6.45) is 2.96. The summed E-state index contributed by atoms with van der Waals surface area (Å²) < 4.78 is 10.4. The van der Waals surface area contributed by atoms with Crippen LogP contribution in [0.15, 0.2) is 60.7 Å². The first-order valence-corrected chi connectivity index (χ1v) is 13.6. The Bertz CT molecular complexity index is 1060. The molecule has 0 spiro atoms. The third-order valence-electron chi connectivity index (χ3n) is 5.61. The lowest BCUT2D eigenvalue weighted by atomic mass is 10.1. The van der Waals surface area contributed by atoms with E-state index in [0.29, 0.717) is 19.5 Å². The minimum Gasteiger partial charge on any atom is -0.460 e. The first-order chi connectivity index (χ1) is 19.1. The van der Waals surface area contributed by atoms with Crippen molar-refractivity contribution in [3.05, 3.63) is 71.8 Å². The summed E-state index contributed by atoms with van der Waals surface area (Å²) in [6.45, 7) is 6.21. The normalized spacial score (nSPS) is 11.6. The lowest BCUT2D eigenvalue weighted by molar-refractivity contribution is -0.143. The second kappa shape index (κ2) is 17.5. The van der Waals surface area contributed by atoms with Crippen molar-refractivity contribution in [3.63, 3.8) is 0 Å². The molecule has 2 rings (SSSR count). The number of esters is 1. The number of carbonyl (C=O) groups is 4. The molecule has 0 aliphatic carbocycles. The molecule has 4 amide bonds. The number of ether oxygens (including phenoxy) is 2. The van der Waals surface area contributed by atoms with Crippen LogP contribution in [0.1, 0.15) is 57.6 Å². The molecular weight excluding hydrogens is 512 g/mol. The number of hydrogen-bond donors (Lipinski definition) is 4. The number of benzene rings is 2. The van der Waals surface area contributed by atoms with Crippen molar-refractivity contribution in [1.29, 1.82) is 0 Å². The van der Waals surface area contributed by atoms with Crippen LogP contribution >= 0.6 is 0 Å². The molecule has 10 nitrogen and oxygen atoms in total. The van der Waals surface area contributed by atoms with E-state index >= 15 is 0 Å². The topological polar surface area (TPSA) is 135 Å². The van der Waals surface area contributed by atoms with E-state index in [4.69, 9.17) is 9.47 Å². The maximum absolute atomic E-state index is 12.8. The summed E-state index contributed by atoms with van der Waals surface area (Å²) in [6, 6.07) is 17.6. The highest BCUT2D eigenvalue weighted by molar-refractivity contribution is 5.86. The summed E-state index contributed by atoms with van der Waals surface area (Å²) in [5, 5.41) is 10.8. The molecular formula is C30H42N4O6. The predicted molar refractivity (Wildman–Crippen MR) is 152 cm³/mol. The Kier molecular flexibility index (Phi) is 14.1. The van der Waals surface area contributed by atoms with Crippen LogP contribution in [0.5, 0.6) is 0 Å². The average Bonchev–Trinajstić information content (AvgIpc) is 2.91. The van der Waals surface area contributed by atoms with Crippen LogP contribution in [-0.2, 0) is 32.1 Å². The molecule has 0 aliphatic heterocycles. The van der Waals surface area contributed by atoms with Crippen molar-refractivity contribution in [3.8, 4) is 0 Å². The number of carbonyl (C=O) groups excluding carboxylic acids is 4. The Morgan fingerprint density at radius 3 is 1.93 bits per heavy atom. The van der Waals surface area contributed by atoms with Crippen molar-refractivity contribution in [2.75, 3.05) is 19.6 Å². The van der Waals surface area contributed by atoms with Gasteiger partial charge in [0, 0.05) is 19.5 Å². The van der Waals surface area contributed by atoms with Crippen LogP contribution in [0.4, 0.5) is 9.59 Å².